The Morgan fingerprint density at radius 1 is 0.510 bits per heavy atom. The van der Waals surface area contributed by atoms with Gasteiger partial charge in [0.15, 0.2) is 11.6 Å². The molecule has 5 aliphatic rings. The van der Waals surface area contributed by atoms with Gasteiger partial charge in [-0.1, -0.05) is 0 Å². The number of fused-ring (bicyclic) bond motifs is 4. The summed E-state index contributed by atoms with van der Waals surface area (Å²) in [5.41, 5.74) is 7.71. The molecular weight excluding hydrogens is 1530 g/mol. The highest BCUT2D eigenvalue weighted by atomic mass is 79.9. The molecule has 1 saturated heterocycles. The number of hydrogen-bond acceptors (Lipinski definition) is 18. The van der Waals surface area contributed by atoms with Gasteiger partial charge in [-0.25, -0.2) is 0 Å². The Labute approximate surface area is 575 Å². The van der Waals surface area contributed by atoms with Gasteiger partial charge in [0.05, 0.1) is 102 Å². The molecule has 98 heavy (non-hydrogen) atoms. The molecule has 0 radical (unpaired) electrons. The smallest absolute Gasteiger partial charge is 0.399 e. The van der Waals surface area contributed by atoms with Crippen LogP contribution in [-0.2, 0) is 82.8 Å². The van der Waals surface area contributed by atoms with Gasteiger partial charge < -0.3 is 49.5 Å². The summed E-state index contributed by atoms with van der Waals surface area (Å²) in [6.07, 6.45) is -11.8. The Hall–Kier alpha value is -7.09. The topological polar surface area (TPSA) is 262 Å². The number of pyridine rings is 3. The average molecular weight is 1600 g/mol. The second-order valence-corrected chi connectivity index (χ2v) is 27.1. The molecule has 0 amide bonds. The van der Waals surface area contributed by atoms with Gasteiger partial charge in [0.25, 0.3) is 16.7 Å². The van der Waals surface area contributed by atoms with Crippen LogP contribution in [0.5, 0.6) is 0 Å². The summed E-state index contributed by atoms with van der Waals surface area (Å²) >= 11 is 9.71. The largest absolute Gasteiger partial charge is 0.496 e. The molecule has 1 fully saturated rings. The molecule has 12 heterocycles. The van der Waals surface area contributed by atoms with E-state index in [-0.39, 0.29) is 80.5 Å². The number of rotatable bonds is 10. The van der Waals surface area contributed by atoms with Crippen molar-refractivity contribution in [2.24, 2.45) is 21.1 Å². The zero-order chi connectivity index (χ0) is 72.4. The maximum absolute atomic E-state index is 12.7. The van der Waals surface area contributed by atoms with E-state index >= 15 is 0 Å². The number of aryl methyl sites for hydroxylation is 3. The molecule has 4 N–H and O–H groups in total. The van der Waals surface area contributed by atoms with E-state index in [2.05, 4.69) is 78.8 Å². The molecule has 26 nitrogen and oxygen atoms in total. The number of nitrogens with zero attached hydrogens (tertiary/aromatic N) is 16. The molecule has 0 saturated carbocycles. The van der Waals surface area contributed by atoms with E-state index in [1.165, 1.54) is 44.0 Å². The van der Waals surface area contributed by atoms with Crippen LogP contribution in [0.4, 0.5) is 87.3 Å². The van der Waals surface area contributed by atoms with Gasteiger partial charge in [0.2, 0.25) is 0 Å². The second-order valence-electron chi connectivity index (χ2n) is 24.4. The Bertz CT molecular complexity index is 4120. The van der Waals surface area contributed by atoms with E-state index in [9.17, 15) is 77.2 Å². The van der Waals surface area contributed by atoms with Gasteiger partial charge in [-0.3, -0.25) is 48.0 Å². The third-order valence-electron chi connectivity index (χ3n) is 15.8. The highest BCUT2D eigenvalue weighted by Gasteiger charge is 2.52. The molecule has 0 aromatic carbocycles. The summed E-state index contributed by atoms with van der Waals surface area (Å²) in [4.78, 5) is 50.8. The second kappa shape index (κ2) is 30.4. The number of alkyl halides is 12. The predicted octanol–water partition coefficient (Wildman–Crippen LogP) is 8.39. The van der Waals surface area contributed by atoms with Gasteiger partial charge >= 0.3 is 37.6 Å². The number of nitrogen functional groups attached to an aromatic ring is 1. The predicted molar refractivity (Wildman–Crippen MR) is 346 cm³/mol. The van der Waals surface area contributed by atoms with Gasteiger partial charge in [-0.15, -0.1) is 0 Å². The Balaban J connectivity index is 0.000000165. The minimum Gasteiger partial charge on any atom is -0.399 e. The minimum absolute atomic E-state index is 0.0248. The first-order valence-corrected chi connectivity index (χ1v) is 32.0. The highest BCUT2D eigenvalue weighted by Crippen LogP contribution is 2.37. The molecular formula is C56H67BBr3F12N19O7. The number of halogens is 15. The molecule has 12 rings (SSSR count). The zero-order valence-corrected chi connectivity index (χ0v) is 58.2. The highest BCUT2D eigenvalue weighted by molar-refractivity contribution is 9.11. The van der Waals surface area contributed by atoms with Crippen molar-refractivity contribution < 1.29 is 66.9 Å². The molecule has 0 aliphatic carbocycles. The number of anilines is 5. The first-order chi connectivity index (χ1) is 45.3. The summed E-state index contributed by atoms with van der Waals surface area (Å²) in [6.45, 7) is 7.11. The lowest BCUT2D eigenvalue weighted by molar-refractivity contribution is -0.389. The van der Waals surface area contributed by atoms with E-state index in [0.29, 0.717) is 76.3 Å². The van der Waals surface area contributed by atoms with Crippen LogP contribution in [0.15, 0.2) is 88.9 Å². The number of nitro groups is 1. The Kier molecular flexibility index (Phi) is 23.8. The summed E-state index contributed by atoms with van der Waals surface area (Å²) in [5, 5.41) is 32.8. The van der Waals surface area contributed by atoms with Crippen molar-refractivity contribution in [2.45, 2.75) is 116 Å². The maximum atomic E-state index is 12.7. The standard InChI is InChI=1S/C20H27BF3N5O3.C14H15BrF3N5O.C8H9F3N4O2.C8H11F3N4.C6H5Br2NO/c1-18(2)19(3,4)32-21(31-18)13-8-15(17(30)27(5)10-13)25-16-9-14-11-28(12-20(22,23)24)6-7-29(14)26-16;1-21-6-9(15)4-11(13(21)24)19-12-5-10-7-22(8-14(16,17)18)2-3-23(10)20-12;9-8(10,11)5-13-1-2-14-6(4-13)3-7(12-14)15(16)17;9-8(10,11)5-14-1-2-15-6(4-14)3-7(12)13-15;1-9-3-4(7)2-5(8)6(9)10/h8-10H,6-7,11-12H2,1-5H3,(H,25,26);4-6H,2-3,7-8H2,1H3,(H,19,20);3H,1-2,4-5H2;3H,1-2,4-5H2,(H2,12,13);2-3H,1H3. The molecule has 0 spiro atoms. The first kappa shape index (κ1) is 76.7. The minimum atomic E-state index is -4.26. The van der Waals surface area contributed by atoms with Crippen molar-refractivity contribution in [3.63, 3.8) is 0 Å². The maximum Gasteiger partial charge on any atom is 0.496 e. The van der Waals surface area contributed by atoms with Crippen LogP contribution in [0.25, 0.3) is 0 Å². The van der Waals surface area contributed by atoms with Gasteiger partial charge in [0, 0.05) is 125 Å². The number of hydrogen-bond donors (Lipinski definition) is 3. The summed E-state index contributed by atoms with van der Waals surface area (Å²) in [7, 11) is 4.33. The van der Waals surface area contributed by atoms with Crippen LogP contribution in [0.3, 0.4) is 0 Å². The molecule has 0 unspecified atom stereocenters. The van der Waals surface area contributed by atoms with Crippen LogP contribution in [0.2, 0.25) is 0 Å². The van der Waals surface area contributed by atoms with Crippen molar-refractivity contribution in [1.29, 1.82) is 0 Å². The van der Waals surface area contributed by atoms with E-state index in [0.717, 1.165) is 14.6 Å². The number of aromatic nitrogens is 11. The van der Waals surface area contributed by atoms with Gasteiger partial charge in [-0.05, 0) is 98.6 Å². The van der Waals surface area contributed by atoms with E-state index in [1.54, 1.807) is 90.2 Å². The summed E-state index contributed by atoms with van der Waals surface area (Å²) in [6, 6.07) is 11.2. The van der Waals surface area contributed by atoms with Crippen LogP contribution in [0.1, 0.15) is 50.5 Å². The lowest BCUT2D eigenvalue weighted by atomic mass is 9.80. The summed E-state index contributed by atoms with van der Waals surface area (Å²) < 4.78 is 174. The third-order valence-corrected chi connectivity index (χ3v) is 17.3. The zero-order valence-electron chi connectivity index (χ0n) is 53.4. The fourth-order valence-corrected chi connectivity index (χ4v) is 12.6. The number of nitrogens with one attached hydrogen (secondary N) is 2. The van der Waals surface area contributed by atoms with Crippen molar-refractivity contribution >= 4 is 95.0 Å². The lowest BCUT2D eigenvalue weighted by Gasteiger charge is -2.32. The number of nitrogens with two attached hydrogens (primary N) is 1. The molecule has 0 bridgehead atoms. The van der Waals surface area contributed by atoms with E-state index in [1.807, 2.05) is 27.7 Å². The van der Waals surface area contributed by atoms with Crippen LogP contribution in [0, 0.1) is 10.1 Å². The molecule has 42 heteroatoms. The fraction of sp³-hybridized carbons (Fsp3) is 0.518. The van der Waals surface area contributed by atoms with Crippen LogP contribution in [-0.4, -0.2) is 173 Å². The molecule has 7 aromatic rings. The summed E-state index contributed by atoms with van der Waals surface area (Å²) in [5.74, 6) is 0.874. The van der Waals surface area contributed by atoms with Gasteiger partial charge in [0.1, 0.15) is 17.2 Å². The van der Waals surface area contributed by atoms with Crippen molar-refractivity contribution in [2.75, 3.05) is 68.7 Å². The molecule has 536 valence electrons. The third kappa shape index (κ3) is 21.2. The molecule has 0 atom stereocenters. The van der Waals surface area contributed by atoms with Crippen molar-refractivity contribution in [3.8, 4) is 0 Å². The molecule has 5 aliphatic heterocycles. The van der Waals surface area contributed by atoms with Gasteiger partial charge in [-0.2, -0.15) is 72.7 Å². The fourth-order valence-electron chi connectivity index (χ4n) is 10.7. The van der Waals surface area contributed by atoms with E-state index in [4.69, 9.17) is 15.0 Å². The molecule has 7 aromatic heterocycles. The van der Waals surface area contributed by atoms with E-state index < -0.39 is 74.1 Å². The van der Waals surface area contributed by atoms with Crippen molar-refractivity contribution in [1.82, 2.24) is 72.4 Å². The normalized spacial score (nSPS) is 17.1. The van der Waals surface area contributed by atoms with Crippen molar-refractivity contribution in [3.05, 3.63) is 138 Å². The average Bonchev–Trinajstić information content (AvgIpc) is 1.62. The Morgan fingerprint density at radius 3 is 1.26 bits per heavy atom. The Morgan fingerprint density at radius 2 is 0.857 bits per heavy atom. The SMILES string of the molecule is Cn1cc(B2OC(C)(C)C(C)(C)O2)cc(Nc2cc3n(n2)CCN(CC(F)(F)F)C3)c1=O.Cn1cc(Br)cc(Br)c1=O.Cn1cc(Br)cc(Nc2cc3n(n2)CCN(CC(F)(F)F)C3)c1=O.Nc1cc2n(n1)CCN(CC(F)(F)F)C2.O=[N+]([O-])c1cc2n(n1)CCN(CC(F)(F)F)C2. The quantitative estimate of drug-likeness (QED) is 0.0502. The van der Waals surface area contributed by atoms with Crippen LogP contribution >= 0.6 is 47.8 Å². The van der Waals surface area contributed by atoms with Crippen LogP contribution < -0.4 is 38.5 Å². The monoisotopic (exact) mass is 1590 g/mol. The lowest BCUT2D eigenvalue weighted by Crippen LogP contribution is -2.41. The first-order valence-electron chi connectivity index (χ1n) is 29.7.